The summed E-state index contributed by atoms with van der Waals surface area (Å²) in [6.45, 7) is 1.14. The number of nitrogens with one attached hydrogen (secondary N) is 1. The van der Waals surface area contributed by atoms with E-state index in [-0.39, 0.29) is 118 Å². The van der Waals surface area contributed by atoms with Gasteiger partial charge in [0.05, 0.1) is 83.7 Å². The molecule has 4 aromatic heterocycles. The third kappa shape index (κ3) is 21.1. The fraction of sp³-hybridized carbons (Fsp3) is 0.356. The van der Waals surface area contributed by atoms with Gasteiger partial charge in [0.2, 0.25) is 29.0 Å². The molecule has 50 nitrogen and oxygen atoms in total. The molecule has 0 saturated carbocycles. The Balaban J connectivity index is 0.000000240. The molecule has 9 aromatic rings. The fourth-order valence-electron chi connectivity index (χ4n) is 16.0. The number of ether oxygens (including phenoxy) is 5. The van der Waals surface area contributed by atoms with Crippen molar-refractivity contribution in [2.75, 3.05) is 68.8 Å². The normalized spacial score (nSPS) is 20.4. The summed E-state index contributed by atoms with van der Waals surface area (Å²) in [5, 5.41) is 63.0. The summed E-state index contributed by atoms with van der Waals surface area (Å²) in [4.78, 5) is 150. The number of carboxylic acid groups (broad SMARTS) is 1. The Morgan fingerprint density at radius 1 is 0.605 bits per heavy atom. The van der Waals surface area contributed by atoms with Crippen LogP contribution in [0.3, 0.4) is 0 Å². The van der Waals surface area contributed by atoms with E-state index in [9.17, 15) is 92.1 Å². The van der Waals surface area contributed by atoms with Gasteiger partial charge in [0.1, 0.15) is 62.5 Å². The summed E-state index contributed by atoms with van der Waals surface area (Å²) in [5.74, 6) is 9.60. The standard InChI is InChI=1S/C53H52N9O19P3.C20H24N7O15P3/c54-53-57-49-44(56-27-61(49)42-24-40(63)41(78-42)26-77-83(72,73)81-84(74,75)80-82(69,70)71)51(58-53)76-25-32-12-11-28(20-39(32)62(67)68)6-1-15-55-50(64)31-13-14-33(52(65)66)36(23-31)43-37-21-29-7-2-16-59-18-4-9-34(45(29)59)47(37)79-48-35-10-5-19-60-17-3-8-30(46(35)60)22-38(43)48;21-5-1-2-11-3-4-12(13(6-11)27(29)30)8-38-19-17-18(24-20(22)25-19)26(10-23-17)16-7-14(28)15(40-16)9-39-44(34,35)42-45(36,37)41-43(31,32)33/h11-14,20-23,27,40-42,63H,2-5,7-10,15-19,24-26H2,(H7-,54,55,57,58,64,65,66,69,70,71,72,73,74,75);3-4,6,10,14-16,28H,5,7-9,21H2,(H,34,35)(H,36,37)(H2,22,24,25)(H2,31,32,33)/t40?,41-,42-;14?,15-,16-/m11/s1. The largest absolute Gasteiger partial charge is 0.545 e. The third-order valence-corrected chi connectivity index (χ3v) is 28.7. The van der Waals surface area contributed by atoms with Gasteiger partial charge >= 0.3 is 46.9 Å². The molecule has 7 aliphatic heterocycles. The molecule has 11 heterocycles. The molecular weight excluding hydrogens is 1830 g/mol. The number of nitrogens with zero attached hydrogens (tertiary/aromatic N) is 12. The average molecular weight is 1910 g/mol. The summed E-state index contributed by atoms with van der Waals surface area (Å²) < 4.78 is 128. The number of hydrogen-bond acceptors (Lipinski definition) is 36. The number of rotatable bonds is 28. The average Bonchev–Trinajstić information content (AvgIpc) is 1.44. The number of carboxylic acids is 1. The Morgan fingerprint density at radius 3 is 1.64 bits per heavy atom. The van der Waals surface area contributed by atoms with Crippen molar-refractivity contribution in [3.8, 4) is 46.9 Å². The number of nitrogens with two attached hydrogens (primary N) is 3. The van der Waals surface area contributed by atoms with E-state index >= 15 is 0 Å². The predicted octanol–water partition coefficient (Wildman–Crippen LogP) is 2.67. The SMILES string of the molecule is NCC#Cc1ccc(COc2nc(N)nc3c2ncn3[C@H]2CC(O)[C@@H](COP(=O)(O)OP(=O)(O)OP(=O)(O)O)O2)c([N+](=O)[O-])c1.Nc1nc(OCc2ccc(C#CCNC(=O)c3ccc(C(=O)[O-])c(C4=c5cc6c7c(c5Oc5c4cc4c8c5CCCN8CCC4)CCC[N+]=7CCC6)c3)cc2[N+](=O)[O-])c2ncn([C@H]3CC(O)[C@@H](COP(=O)(O)OP(=O)(O)OP(=O)(O)O)O3)c2n1. The summed E-state index contributed by atoms with van der Waals surface area (Å²) in [7, 11) is -33.7. The number of aliphatic hydroxyl groups is 2. The van der Waals surface area contributed by atoms with Crippen molar-refractivity contribution >= 4 is 116 Å². The van der Waals surface area contributed by atoms with Gasteiger partial charge in [-0.3, -0.25) is 43.2 Å². The van der Waals surface area contributed by atoms with Crippen LogP contribution >= 0.6 is 46.9 Å². The lowest BCUT2D eigenvalue weighted by Gasteiger charge is -2.39. The van der Waals surface area contributed by atoms with Gasteiger partial charge in [0.25, 0.3) is 17.3 Å². The fourth-order valence-corrected chi connectivity index (χ4v) is 22.1. The molecule has 0 radical (unpaired) electrons. The van der Waals surface area contributed by atoms with Crippen LogP contribution in [0.15, 0.2) is 79.4 Å². The number of phosphoric ester groups is 2. The lowest BCUT2D eigenvalue weighted by Crippen LogP contribution is -2.45. The van der Waals surface area contributed by atoms with Crippen LogP contribution in [0.25, 0.3) is 27.9 Å². The van der Waals surface area contributed by atoms with Crippen LogP contribution in [0.5, 0.6) is 23.3 Å². The Bertz CT molecular complexity index is 6680. The zero-order valence-corrected chi connectivity index (χ0v) is 72.0. The number of aromatic nitrogens is 8. The molecule has 0 bridgehead atoms. The molecule has 682 valence electrons. The molecule has 0 aliphatic carbocycles. The van der Waals surface area contributed by atoms with Gasteiger partial charge in [-0.25, -0.2) is 41.9 Å². The Morgan fingerprint density at radius 2 is 1.12 bits per heavy atom. The predicted molar refractivity (Wildman–Crippen MR) is 439 cm³/mol. The molecule has 56 heteroatoms. The molecule has 2 saturated heterocycles. The summed E-state index contributed by atoms with van der Waals surface area (Å²) in [6, 6.07) is 17.2. The number of aryl methyl sites for hydroxylation is 2. The van der Waals surface area contributed by atoms with Crippen LogP contribution in [-0.2, 0) is 102 Å². The number of phosphoric acid groups is 6. The molecule has 0 spiro atoms. The Kier molecular flexibility index (Phi) is 26.8. The van der Waals surface area contributed by atoms with Crippen molar-refractivity contribution in [2.45, 2.75) is 114 Å². The first kappa shape index (κ1) is 92.9. The highest BCUT2D eigenvalue weighted by Gasteiger charge is 2.47. The molecular formula is C73H76N16O34P6. The lowest BCUT2D eigenvalue weighted by atomic mass is 9.81. The Hall–Kier alpha value is -10.8. The highest BCUT2D eigenvalue weighted by Crippen LogP contribution is 2.68. The second kappa shape index (κ2) is 37.2. The van der Waals surface area contributed by atoms with Crippen molar-refractivity contribution in [1.29, 1.82) is 0 Å². The number of nitro benzene ring substituents is 2. The molecule has 17 N–H and O–H groups in total. The first-order chi connectivity index (χ1) is 61.0. The molecule has 10 atom stereocenters. The molecule has 5 aromatic carbocycles. The van der Waals surface area contributed by atoms with Crippen molar-refractivity contribution < 1.29 is 151 Å². The minimum atomic E-state index is -5.80. The van der Waals surface area contributed by atoms with Gasteiger partial charge < -0.3 is 110 Å². The van der Waals surface area contributed by atoms with E-state index in [0.29, 0.717) is 16.7 Å². The van der Waals surface area contributed by atoms with Crippen LogP contribution in [0, 0.1) is 43.9 Å². The van der Waals surface area contributed by atoms with Gasteiger partial charge in [0, 0.05) is 106 Å². The Labute approximate surface area is 725 Å². The van der Waals surface area contributed by atoms with Crippen molar-refractivity contribution in [1.82, 2.24) is 48.9 Å². The number of nitrogen functional groups attached to an aromatic ring is 2. The van der Waals surface area contributed by atoms with E-state index in [2.05, 4.69) is 107 Å². The number of aliphatic hydroxyl groups excluding tert-OH is 2. The summed E-state index contributed by atoms with van der Waals surface area (Å²) >= 11 is 0. The first-order valence-corrected chi connectivity index (χ1v) is 47.9. The monoisotopic (exact) mass is 1910 g/mol. The van der Waals surface area contributed by atoms with Crippen LogP contribution in [0.1, 0.15) is 127 Å². The second-order valence-corrected chi connectivity index (χ2v) is 38.6. The van der Waals surface area contributed by atoms with E-state index in [0.717, 1.165) is 111 Å². The number of carbonyl (C=O) groups is 2. The molecule has 2 fully saturated rings. The number of nitro groups is 2. The number of imidazole rings is 2. The number of aromatic carboxylic acids is 1. The third-order valence-electron chi connectivity index (χ3n) is 21.1. The smallest absolute Gasteiger partial charge is 0.490 e. The second-order valence-electron chi connectivity index (χ2n) is 29.7. The quantitative estimate of drug-likeness (QED) is 0.0110. The van der Waals surface area contributed by atoms with Crippen molar-refractivity contribution in [3.63, 3.8) is 0 Å². The van der Waals surface area contributed by atoms with E-state index in [1.54, 1.807) is 12.1 Å². The van der Waals surface area contributed by atoms with Gasteiger partial charge in [0.15, 0.2) is 22.3 Å². The van der Waals surface area contributed by atoms with Gasteiger partial charge in [-0.05, 0) is 98.2 Å². The molecule has 1 amide bonds. The lowest BCUT2D eigenvalue weighted by molar-refractivity contribution is -0.386. The van der Waals surface area contributed by atoms with Gasteiger partial charge in [-0.1, -0.05) is 29.7 Å². The minimum absolute atomic E-state index is 0.00785. The van der Waals surface area contributed by atoms with E-state index in [1.165, 1.54) is 86.4 Å². The minimum Gasteiger partial charge on any atom is -0.545 e. The zero-order valence-electron chi connectivity index (χ0n) is 66.7. The molecule has 7 aliphatic rings. The van der Waals surface area contributed by atoms with Crippen molar-refractivity contribution in [2.24, 2.45) is 5.73 Å². The highest BCUT2D eigenvalue weighted by atomic mass is 31.3. The maximum atomic E-state index is 14.0. The van der Waals surface area contributed by atoms with Crippen LogP contribution in [0.2, 0.25) is 0 Å². The first-order valence-electron chi connectivity index (χ1n) is 38.8. The van der Waals surface area contributed by atoms with Crippen LogP contribution < -0.4 is 61.9 Å². The van der Waals surface area contributed by atoms with Crippen molar-refractivity contribution in [3.05, 3.63) is 177 Å². The summed E-state index contributed by atoms with van der Waals surface area (Å²) in [6.07, 6.45) is 1.78. The van der Waals surface area contributed by atoms with E-state index in [1.807, 2.05) is 0 Å². The maximum Gasteiger partial charge on any atom is 0.490 e. The van der Waals surface area contributed by atoms with Gasteiger partial charge in [-0.15, -0.1) is 0 Å². The number of carbonyl (C=O) groups excluding carboxylic acids is 2. The van der Waals surface area contributed by atoms with E-state index < -0.39 is 125 Å². The number of amides is 1. The van der Waals surface area contributed by atoms with Gasteiger partial charge in [-0.2, -0.15) is 37.2 Å². The van der Waals surface area contributed by atoms with E-state index in [4.69, 9.17) is 60.5 Å². The van der Waals surface area contributed by atoms with Crippen LogP contribution in [0.4, 0.5) is 29.0 Å². The zero-order chi connectivity index (χ0) is 92.1. The molecule has 16 rings (SSSR count). The number of anilines is 3. The topological polar surface area (TPSA) is 733 Å². The molecule has 129 heavy (non-hydrogen) atoms. The number of hydrogen-bond donors (Lipinski definition) is 14. The maximum absolute atomic E-state index is 14.0. The highest BCUT2D eigenvalue weighted by molar-refractivity contribution is 7.67. The number of benzene rings is 5. The number of fused-ring (bicyclic) bond motifs is 6. The van der Waals surface area contributed by atoms with Crippen LogP contribution in [-0.4, -0.2) is 187 Å². The summed E-state index contributed by atoms with van der Waals surface area (Å²) in [5.41, 5.74) is 25.3. The molecule has 6 unspecified atom stereocenters.